The lowest BCUT2D eigenvalue weighted by molar-refractivity contribution is 0.0737. The maximum Gasteiger partial charge on any atom is 0.254 e. The molecule has 0 bridgehead atoms. The van der Waals surface area contributed by atoms with Gasteiger partial charge in [-0.1, -0.05) is 12.1 Å². The van der Waals surface area contributed by atoms with E-state index in [0.717, 1.165) is 25.1 Å². The van der Waals surface area contributed by atoms with Gasteiger partial charge in [0.2, 0.25) is 0 Å². The molecule has 1 unspecified atom stereocenters. The number of amides is 1. The van der Waals surface area contributed by atoms with Gasteiger partial charge in [0.25, 0.3) is 5.91 Å². The third-order valence-corrected chi connectivity index (χ3v) is 5.95. The van der Waals surface area contributed by atoms with E-state index in [-0.39, 0.29) is 11.9 Å². The number of nitrogens with zero attached hydrogens (tertiary/aromatic N) is 2. The predicted molar refractivity (Wildman–Crippen MR) is 100 cm³/mol. The van der Waals surface area contributed by atoms with Crippen LogP contribution in [0.2, 0.25) is 0 Å². The molecule has 1 aliphatic heterocycles. The Morgan fingerprint density at radius 3 is 3.08 bits per heavy atom. The van der Waals surface area contributed by atoms with Crippen LogP contribution in [0.4, 0.5) is 0 Å². The second-order valence-electron chi connectivity index (χ2n) is 5.97. The van der Waals surface area contributed by atoms with E-state index in [0.29, 0.717) is 17.9 Å². The van der Waals surface area contributed by atoms with Crippen molar-refractivity contribution in [3.05, 3.63) is 68.8 Å². The van der Waals surface area contributed by atoms with E-state index in [1.807, 2.05) is 40.6 Å². The molecule has 0 radical (unpaired) electrons. The zero-order valence-corrected chi connectivity index (χ0v) is 15.3. The Kier molecular flexibility index (Phi) is 4.81. The van der Waals surface area contributed by atoms with Crippen LogP contribution in [0, 0.1) is 0 Å². The highest BCUT2D eigenvalue weighted by Gasteiger charge is 2.31. The van der Waals surface area contributed by atoms with Gasteiger partial charge in [-0.15, -0.1) is 22.7 Å². The van der Waals surface area contributed by atoms with Crippen molar-refractivity contribution >= 4 is 28.6 Å². The maximum atomic E-state index is 13.0. The lowest BCUT2D eigenvalue weighted by atomic mass is 10.1. The fourth-order valence-electron chi connectivity index (χ4n) is 3.14. The molecule has 128 valence electrons. The van der Waals surface area contributed by atoms with Gasteiger partial charge in [0, 0.05) is 22.4 Å². The lowest BCUT2D eigenvalue weighted by Crippen LogP contribution is -2.30. The van der Waals surface area contributed by atoms with Crippen molar-refractivity contribution in [1.29, 1.82) is 0 Å². The Hall–Kier alpha value is -2.18. The molecule has 1 saturated heterocycles. The van der Waals surface area contributed by atoms with Crippen LogP contribution in [0.5, 0.6) is 5.75 Å². The fourth-order valence-corrected chi connectivity index (χ4v) is 4.55. The van der Waals surface area contributed by atoms with Crippen LogP contribution >= 0.6 is 22.7 Å². The van der Waals surface area contributed by atoms with Crippen LogP contribution in [0.3, 0.4) is 0 Å². The molecule has 1 aromatic carbocycles. The first kappa shape index (κ1) is 16.3. The van der Waals surface area contributed by atoms with E-state index in [9.17, 15) is 4.79 Å². The molecule has 0 spiro atoms. The molecule has 0 saturated carbocycles. The van der Waals surface area contributed by atoms with E-state index in [1.165, 1.54) is 4.88 Å². The normalized spacial score (nSPS) is 17.0. The van der Waals surface area contributed by atoms with Crippen molar-refractivity contribution in [1.82, 2.24) is 9.88 Å². The highest BCUT2D eigenvalue weighted by molar-refractivity contribution is 7.10. The summed E-state index contributed by atoms with van der Waals surface area (Å²) in [5.74, 6) is 0.778. The van der Waals surface area contributed by atoms with Gasteiger partial charge in [-0.05, 0) is 42.5 Å². The van der Waals surface area contributed by atoms with Gasteiger partial charge in [0.15, 0.2) is 0 Å². The Morgan fingerprint density at radius 2 is 2.28 bits per heavy atom. The Labute approximate surface area is 154 Å². The molecule has 6 heteroatoms. The second kappa shape index (κ2) is 7.37. The minimum Gasteiger partial charge on any atom is -0.487 e. The number of thiazole rings is 1. The summed E-state index contributed by atoms with van der Waals surface area (Å²) in [7, 11) is 0. The monoisotopic (exact) mass is 370 g/mol. The molecule has 1 atom stereocenters. The van der Waals surface area contributed by atoms with Crippen molar-refractivity contribution in [2.45, 2.75) is 25.5 Å². The molecule has 4 nitrogen and oxygen atoms in total. The van der Waals surface area contributed by atoms with Crippen LogP contribution < -0.4 is 4.74 Å². The highest BCUT2D eigenvalue weighted by Crippen LogP contribution is 2.35. The van der Waals surface area contributed by atoms with Gasteiger partial charge in [-0.2, -0.15) is 0 Å². The summed E-state index contributed by atoms with van der Waals surface area (Å²) < 4.78 is 5.78. The predicted octanol–water partition coefficient (Wildman–Crippen LogP) is 4.76. The second-order valence-corrected chi connectivity index (χ2v) is 7.67. The zero-order chi connectivity index (χ0) is 17.1. The van der Waals surface area contributed by atoms with Crippen molar-refractivity contribution in [3.63, 3.8) is 0 Å². The standard InChI is InChI=1S/C19H18N2O2S2/c22-19(21-8-2-6-17(21)18-7-3-9-25-18)14-4-1-5-16(10-14)23-11-15-12-24-13-20-15/h1,3-5,7,9-10,12-13,17H,2,6,8,11H2. The summed E-state index contributed by atoms with van der Waals surface area (Å²) >= 11 is 3.27. The third-order valence-electron chi connectivity index (χ3n) is 4.34. The van der Waals surface area contributed by atoms with Crippen LogP contribution in [0.25, 0.3) is 0 Å². The molecule has 1 aliphatic rings. The maximum absolute atomic E-state index is 13.0. The topological polar surface area (TPSA) is 42.4 Å². The van der Waals surface area contributed by atoms with Crippen LogP contribution in [-0.2, 0) is 6.61 Å². The van der Waals surface area contributed by atoms with Crippen molar-refractivity contribution in [3.8, 4) is 5.75 Å². The van der Waals surface area contributed by atoms with Gasteiger partial charge < -0.3 is 9.64 Å². The molecule has 4 rings (SSSR count). The van der Waals surface area contributed by atoms with Crippen molar-refractivity contribution in [2.75, 3.05) is 6.54 Å². The average Bonchev–Trinajstić information content (AvgIpc) is 3.41. The highest BCUT2D eigenvalue weighted by atomic mass is 32.1. The first-order valence-corrected chi connectivity index (χ1v) is 10.1. The largest absolute Gasteiger partial charge is 0.487 e. The van der Waals surface area contributed by atoms with Crippen LogP contribution in [-0.4, -0.2) is 22.3 Å². The third kappa shape index (κ3) is 3.60. The fraction of sp³-hybridized carbons (Fsp3) is 0.263. The molecule has 25 heavy (non-hydrogen) atoms. The average molecular weight is 370 g/mol. The summed E-state index contributed by atoms with van der Waals surface area (Å²) in [5.41, 5.74) is 3.37. The molecule has 0 aliphatic carbocycles. The number of hydrogen-bond acceptors (Lipinski definition) is 5. The van der Waals surface area contributed by atoms with Crippen molar-refractivity contribution in [2.24, 2.45) is 0 Å². The van der Waals surface area contributed by atoms with E-state index in [2.05, 4.69) is 16.4 Å². The summed E-state index contributed by atoms with van der Waals surface area (Å²) in [6.45, 7) is 1.23. The van der Waals surface area contributed by atoms with E-state index < -0.39 is 0 Å². The molecule has 3 heterocycles. The first-order valence-electron chi connectivity index (χ1n) is 8.25. The smallest absolute Gasteiger partial charge is 0.254 e. The SMILES string of the molecule is O=C(c1cccc(OCc2cscn2)c1)N1CCCC1c1cccs1. The summed E-state index contributed by atoms with van der Waals surface area (Å²) in [5, 5.41) is 4.04. The molecule has 0 N–H and O–H groups in total. The summed E-state index contributed by atoms with van der Waals surface area (Å²) in [6, 6.07) is 11.8. The molecule has 1 amide bonds. The Morgan fingerprint density at radius 1 is 1.32 bits per heavy atom. The zero-order valence-electron chi connectivity index (χ0n) is 13.6. The number of rotatable bonds is 5. The number of aromatic nitrogens is 1. The van der Waals surface area contributed by atoms with Crippen LogP contribution in [0.1, 0.15) is 39.8 Å². The quantitative estimate of drug-likeness (QED) is 0.650. The minimum atomic E-state index is 0.0787. The van der Waals surface area contributed by atoms with Gasteiger partial charge in [0.1, 0.15) is 12.4 Å². The molecular formula is C19H18N2O2S2. The minimum absolute atomic E-state index is 0.0787. The summed E-state index contributed by atoms with van der Waals surface area (Å²) in [4.78, 5) is 20.5. The van der Waals surface area contributed by atoms with E-state index in [4.69, 9.17) is 4.74 Å². The first-order chi connectivity index (χ1) is 12.3. The number of hydrogen-bond donors (Lipinski definition) is 0. The molecule has 1 fully saturated rings. The number of ether oxygens (including phenoxy) is 1. The molecule has 2 aromatic heterocycles. The lowest BCUT2D eigenvalue weighted by Gasteiger charge is -2.24. The molecule has 3 aromatic rings. The van der Waals surface area contributed by atoms with Gasteiger partial charge >= 0.3 is 0 Å². The Balaban J connectivity index is 1.49. The van der Waals surface area contributed by atoms with E-state index >= 15 is 0 Å². The Bertz CT molecular complexity index is 831. The van der Waals surface area contributed by atoms with Gasteiger partial charge in [0.05, 0.1) is 17.2 Å². The van der Waals surface area contributed by atoms with Crippen molar-refractivity contribution < 1.29 is 9.53 Å². The van der Waals surface area contributed by atoms with Gasteiger partial charge in [-0.25, -0.2) is 4.98 Å². The number of benzene rings is 1. The van der Waals surface area contributed by atoms with E-state index in [1.54, 1.807) is 28.2 Å². The number of likely N-dealkylation sites (tertiary alicyclic amines) is 1. The number of carbonyl (C=O) groups excluding carboxylic acids is 1. The molecular weight excluding hydrogens is 352 g/mol. The number of carbonyl (C=O) groups is 1. The summed E-state index contributed by atoms with van der Waals surface area (Å²) in [6.07, 6.45) is 2.08. The van der Waals surface area contributed by atoms with Crippen LogP contribution in [0.15, 0.2) is 52.7 Å². The van der Waals surface area contributed by atoms with Gasteiger partial charge in [-0.3, -0.25) is 4.79 Å². The number of thiophene rings is 1.